The minimum Gasteiger partial charge on any atom is -0.463 e. The SMILES string of the molecule is C[C@H]1CC=C2C(C)(C)CCC[C@@]2(C)[C@]12CC[C@@]1(COC(=O)C1)O2. The third-order valence-corrected chi connectivity index (χ3v) is 7.52. The van der Waals surface area contributed by atoms with E-state index in [4.69, 9.17) is 9.47 Å². The van der Waals surface area contributed by atoms with Gasteiger partial charge in [-0.3, -0.25) is 4.79 Å². The molecule has 0 amide bonds. The van der Waals surface area contributed by atoms with Crippen molar-refractivity contribution in [1.29, 1.82) is 0 Å². The van der Waals surface area contributed by atoms with E-state index in [1.54, 1.807) is 5.57 Å². The highest BCUT2D eigenvalue weighted by atomic mass is 16.6. The van der Waals surface area contributed by atoms with E-state index in [9.17, 15) is 4.79 Å². The third-order valence-electron chi connectivity index (χ3n) is 7.52. The van der Waals surface area contributed by atoms with Crippen LogP contribution in [0.15, 0.2) is 11.6 Å². The Balaban J connectivity index is 1.76. The minimum atomic E-state index is -0.349. The Bertz CT molecular complexity index is 577. The Kier molecular flexibility index (Phi) is 3.15. The van der Waals surface area contributed by atoms with E-state index in [0.717, 1.165) is 19.3 Å². The molecule has 2 heterocycles. The molecule has 4 rings (SSSR count). The lowest BCUT2D eigenvalue weighted by molar-refractivity contribution is -0.191. The van der Waals surface area contributed by atoms with Crippen LogP contribution >= 0.6 is 0 Å². The predicted octanol–water partition coefficient (Wildman–Crippen LogP) is 4.40. The van der Waals surface area contributed by atoms with Crippen molar-refractivity contribution < 1.29 is 14.3 Å². The summed E-state index contributed by atoms with van der Waals surface area (Å²) in [5.74, 6) is 0.413. The first-order valence-electron chi connectivity index (χ1n) is 9.30. The van der Waals surface area contributed by atoms with Gasteiger partial charge in [0.05, 0.1) is 12.0 Å². The van der Waals surface area contributed by atoms with Gasteiger partial charge in [-0.15, -0.1) is 0 Å². The van der Waals surface area contributed by atoms with Gasteiger partial charge >= 0.3 is 5.97 Å². The summed E-state index contributed by atoms with van der Waals surface area (Å²) in [4.78, 5) is 11.7. The van der Waals surface area contributed by atoms with Crippen molar-refractivity contribution in [3.05, 3.63) is 11.6 Å². The van der Waals surface area contributed by atoms with Crippen LogP contribution in [-0.2, 0) is 14.3 Å². The van der Waals surface area contributed by atoms with E-state index in [1.165, 1.54) is 19.3 Å². The molecule has 0 aromatic heterocycles. The molecule has 4 atom stereocenters. The van der Waals surface area contributed by atoms with Crippen molar-refractivity contribution in [2.75, 3.05) is 6.61 Å². The van der Waals surface area contributed by atoms with Crippen molar-refractivity contribution in [3.8, 4) is 0 Å². The summed E-state index contributed by atoms with van der Waals surface area (Å²) < 4.78 is 12.2. The Morgan fingerprint density at radius 1 is 1.13 bits per heavy atom. The highest BCUT2D eigenvalue weighted by Crippen LogP contribution is 2.66. The molecule has 0 unspecified atom stereocenters. The van der Waals surface area contributed by atoms with Gasteiger partial charge in [-0.2, -0.15) is 0 Å². The van der Waals surface area contributed by atoms with Gasteiger partial charge in [0.2, 0.25) is 0 Å². The number of hydrogen-bond acceptors (Lipinski definition) is 3. The highest BCUT2D eigenvalue weighted by Gasteiger charge is 2.66. The lowest BCUT2D eigenvalue weighted by Crippen LogP contribution is -2.58. The number of carbonyl (C=O) groups is 1. The van der Waals surface area contributed by atoms with Crippen molar-refractivity contribution in [2.45, 2.75) is 83.8 Å². The van der Waals surface area contributed by atoms with Gasteiger partial charge in [0.25, 0.3) is 0 Å². The summed E-state index contributed by atoms with van der Waals surface area (Å²) in [5, 5.41) is 0. The minimum absolute atomic E-state index is 0.0876. The summed E-state index contributed by atoms with van der Waals surface area (Å²) in [6.07, 6.45) is 9.82. The average Bonchev–Trinajstić information content (AvgIpc) is 3.01. The van der Waals surface area contributed by atoms with E-state index in [0.29, 0.717) is 18.9 Å². The van der Waals surface area contributed by atoms with Crippen molar-refractivity contribution in [1.82, 2.24) is 0 Å². The topological polar surface area (TPSA) is 35.5 Å². The normalized spacial score (nSPS) is 48.4. The van der Waals surface area contributed by atoms with Crippen LogP contribution in [0.4, 0.5) is 0 Å². The first-order valence-corrected chi connectivity index (χ1v) is 9.30. The quantitative estimate of drug-likeness (QED) is 0.490. The van der Waals surface area contributed by atoms with Crippen LogP contribution in [0.1, 0.15) is 72.6 Å². The molecule has 2 aliphatic heterocycles. The summed E-state index contributed by atoms with van der Waals surface area (Å²) in [5.41, 5.74) is 1.50. The fourth-order valence-electron chi connectivity index (χ4n) is 6.31. The van der Waals surface area contributed by atoms with Gasteiger partial charge in [-0.1, -0.05) is 45.8 Å². The largest absolute Gasteiger partial charge is 0.463 e. The molecule has 0 aromatic rings. The number of ether oxygens (including phenoxy) is 2. The molecule has 2 saturated heterocycles. The molecule has 3 heteroatoms. The van der Waals surface area contributed by atoms with E-state index >= 15 is 0 Å². The molecule has 2 spiro atoms. The second-order valence-electron chi connectivity index (χ2n) is 9.34. The first kappa shape index (κ1) is 15.7. The fraction of sp³-hybridized carbons (Fsp3) is 0.850. The predicted molar refractivity (Wildman–Crippen MR) is 89.0 cm³/mol. The van der Waals surface area contributed by atoms with Crippen molar-refractivity contribution in [3.63, 3.8) is 0 Å². The van der Waals surface area contributed by atoms with E-state index in [1.807, 2.05) is 0 Å². The van der Waals surface area contributed by atoms with Gasteiger partial charge in [-0.25, -0.2) is 0 Å². The summed E-state index contributed by atoms with van der Waals surface area (Å²) >= 11 is 0. The van der Waals surface area contributed by atoms with Crippen LogP contribution < -0.4 is 0 Å². The smallest absolute Gasteiger partial charge is 0.308 e. The number of carbonyl (C=O) groups excluding carboxylic acids is 1. The van der Waals surface area contributed by atoms with Gasteiger partial charge in [0.15, 0.2) is 0 Å². The maximum atomic E-state index is 11.7. The van der Waals surface area contributed by atoms with Crippen molar-refractivity contribution >= 4 is 5.97 Å². The maximum absolute atomic E-state index is 11.7. The standard InChI is InChI=1S/C20H30O3/c1-14-6-7-15-17(2,3)8-5-9-18(15,4)20(14)11-10-19(23-20)12-16(21)22-13-19/h7,14H,5-6,8-13H2,1-4H3/t14-,18+,19+,20-/m0/s1. The molecular weight excluding hydrogens is 288 g/mol. The number of allylic oxidation sites excluding steroid dienone is 1. The van der Waals surface area contributed by atoms with Crippen LogP contribution in [0.5, 0.6) is 0 Å². The number of hydrogen-bond donors (Lipinski definition) is 0. The zero-order chi connectivity index (χ0) is 16.5. The monoisotopic (exact) mass is 318 g/mol. The maximum Gasteiger partial charge on any atom is 0.308 e. The van der Waals surface area contributed by atoms with Crippen LogP contribution in [0, 0.1) is 16.7 Å². The van der Waals surface area contributed by atoms with Crippen LogP contribution in [-0.4, -0.2) is 23.8 Å². The molecule has 2 aliphatic carbocycles. The molecule has 4 aliphatic rings. The molecule has 1 saturated carbocycles. The highest BCUT2D eigenvalue weighted by molar-refractivity contribution is 5.73. The van der Waals surface area contributed by atoms with Crippen LogP contribution in [0.2, 0.25) is 0 Å². The van der Waals surface area contributed by atoms with E-state index in [2.05, 4.69) is 33.8 Å². The molecule has 3 fully saturated rings. The Morgan fingerprint density at radius 3 is 2.61 bits per heavy atom. The number of fused-ring (bicyclic) bond motifs is 2. The molecule has 3 nitrogen and oxygen atoms in total. The lowest BCUT2D eigenvalue weighted by Gasteiger charge is -2.59. The molecule has 128 valence electrons. The van der Waals surface area contributed by atoms with Gasteiger partial charge in [0, 0.05) is 5.41 Å². The van der Waals surface area contributed by atoms with Crippen molar-refractivity contribution in [2.24, 2.45) is 16.7 Å². The second kappa shape index (κ2) is 4.62. The summed E-state index contributed by atoms with van der Waals surface area (Å²) in [6.45, 7) is 10.0. The van der Waals surface area contributed by atoms with Gasteiger partial charge < -0.3 is 9.47 Å². The molecular formula is C20H30O3. The van der Waals surface area contributed by atoms with E-state index < -0.39 is 0 Å². The first-order chi connectivity index (χ1) is 10.7. The fourth-order valence-corrected chi connectivity index (χ4v) is 6.31. The summed E-state index contributed by atoms with van der Waals surface area (Å²) in [7, 11) is 0. The Hall–Kier alpha value is -0.830. The second-order valence-corrected chi connectivity index (χ2v) is 9.34. The summed E-state index contributed by atoms with van der Waals surface area (Å²) in [6, 6.07) is 0. The number of rotatable bonds is 0. The van der Waals surface area contributed by atoms with Gasteiger partial charge in [-0.05, 0) is 43.4 Å². The van der Waals surface area contributed by atoms with E-state index in [-0.39, 0.29) is 28.0 Å². The molecule has 0 radical (unpaired) electrons. The number of esters is 1. The Labute approximate surface area is 139 Å². The third kappa shape index (κ3) is 1.95. The Morgan fingerprint density at radius 2 is 1.91 bits per heavy atom. The average molecular weight is 318 g/mol. The molecule has 0 bridgehead atoms. The molecule has 23 heavy (non-hydrogen) atoms. The number of cyclic esters (lactones) is 1. The zero-order valence-electron chi connectivity index (χ0n) is 15.0. The van der Waals surface area contributed by atoms with Crippen LogP contribution in [0.25, 0.3) is 0 Å². The van der Waals surface area contributed by atoms with Gasteiger partial charge in [0.1, 0.15) is 12.2 Å². The zero-order valence-corrected chi connectivity index (χ0v) is 15.0. The molecule has 0 aromatic carbocycles. The lowest BCUT2D eigenvalue weighted by atomic mass is 9.49. The molecule has 0 N–H and O–H groups in total. The van der Waals surface area contributed by atoms with Crippen LogP contribution in [0.3, 0.4) is 0 Å².